The van der Waals surface area contributed by atoms with E-state index in [1.165, 1.54) is 6.21 Å². The minimum atomic E-state index is -0.694. The van der Waals surface area contributed by atoms with Gasteiger partial charge >= 0.3 is 0 Å². The Balaban J connectivity index is 1.87. The number of nitrogens with zero attached hydrogens (tertiary/aromatic N) is 1. The van der Waals surface area contributed by atoms with Gasteiger partial charge in [0.2, 0.25) is 0 Å². The van der Waals surface area contributed by atoms with Crippen LogP contribution in [0.1, 0.15) is 12.5 Å². The maximum atomic E-state index is 11.9. The van der Waals surface area contributed by atoms with Crippen molar-refractivity contribution in [3.8, 4) is 5.75 Å². The van der Waals surface area contributed by atoms with E-state index < -0.39 is 6.10 Å². The number of hydrogen-bond acceptors (Lipinski definition) is 3. The molecule has 0 heterocycles. The van der Waals surface area contributed by atoms with Crippen LogP contribution >= 0.6 is 23.2 Å². The molecular formula is C16H14Cl2N2O2. The molecule has 0 aromatic heterocycles. The van der Waals surface area contributed by atoms with E-state index in [-0.39, 0.29) is 5.91 Å². The van der Waals surface area contributed by atoms with Gasteiger partial charge in [0.25, 0.3) is 5.91 Å². The van der Waals surface area contributed by atoms with Crippen molar-refractivity contribution in [2.45, 2.75) is 13.0 Å². The summed E-state index contributed by atoms with van der Waals surface area (Å²) in [6.45, 7) is 1.63. The third-order valence-corrected chi connectivity index (χ3v) is 3.22. The van der Waals surface area contributed by atoms with Gasteiger partial charge in [-0.2, -0.15) is 5.10 Å². The van der Waals surface area contributed by atoms with Crippen molar-refractivity contribution < 1.29 is 9.53 Å². The van der Waals surface area contributed by atoms with Crippen molar-refractivity contribution in [1.82, 2.24) is 5.43 Å². The average Bonchev–Trinajstić information content (AvgIpc) is 2.49. The number of benzene rings is 2. The summed E-state index contributed by atoms with van der Waals surface area (Å²) in [6, 6.07) is 13.9. The van der Waals surface area contributed by atoms with Gasteiger partial charge in [0.15, 0.2) is 6.10 Å². The summed E-state index contributed by atoms with van der Waals surface area (Å²) in [5.74, 6) is 0.169. The van der Waals surface area contributed by atoms with Crippen molar-refractivity contribution in [3.05, 3.63) is 64.1 Å². The molecule has 2 aromatic carbocycles. The summed E-state index contributed by atoms with van der Waals surface area (Å²) in [5, 5.41) is 5.07. The monoisotopic (exact) mass is 336 g/mol. The molecule has 0 radical (unpaired) electrons. The molecule has 0 saturated carbocycles. The van der Waals surface area contributed by atoms with E-state index in [0.29, 0.717) is 15.8 Å². The lowest BCUT2D eigenvalue weighted by Gasteiger charge is -2.12. The summed E-state index contributed by atoms with van der Waals surface area (Å²) >= 11 is 11.6. The minimum Gasteiger partial charge on any atom is -0.481 e. The van der Waals surface area contributed by atoms with E-state index in [0.717, 1.165) is 5.56 Å². The van der Waals surface area contributed by atoms with Gasteiger partial charge in [0.05, 0.1) is 6.21 Å². The first-order valence-corrected chi connectivity index (χ1v) is 7.31. The fraction of sp³-hybridized carbons (Fsp3) is 0.125. The van der Waals surface area contributed by atoms with E-state index in [4.69, 9.17) is 27.9 Å². The summed E-state index contributed by atoms with van der Waals surface area (Å²) in [5.41, 5.74) is 3.25. The molecule has 4 nitrogen and oxygen atoms in total. The molecule has 0 bridgehead atoms. The van der Waals surface area contributed by atoms with Crippen LogP contribution in [-0.2, 0) is 4.79 Å². The molecule has 114 valence electrons. The first kappa shape index (κ1) is 16.3. The molecule has 0 saturated heterocycles. The van der Waals surface area contributed by atoms with Crippen LogP contribution in [0.3, 0.4) is 0 Å². The summed E-state index contributed by atoms with van der Waals surface area (Å²) in [7, 11) is 0. The average molecular weight is 337 g/mol. The maximum absolute atomic E-state index is 11.9. The van der Waals surface area contributed by atoms with E-state index in [2.05, 4.69) is 10.5 Å². The van der Waals surface area contributed by atoms with Crippen LogP contribution in [0.2, 0.25) is 10.0 Å². The first-order chi connectivity index (χ1) is 10.5. The Morgan fingerprint density at radius 1 is 1.18 bits per heavy atom. The number of carbonyl (C=O) groups is 1. The van der Waals surface area contributed by atoms with Crippen LogP contribution in [0.25, 0.3) is 0 Å². The minimum absolute atomic E-state index is 0.356. The number of hydrazone groups is 1. The molecule has 0 spiro atoms. The molecule has 0 fully saturated rings. The Morgan fingerprint density at radius 2 is 1.91 bits per heavy atom. The quantitative estimate of drug-likeness (QED) is 0.664. The molecule has 22 heavy (non-hydrogen) atoms. The van der Waals surface area contributed by atoms with Crippen LogP contribution in [-0.4, -0.2) is 18.2 Å². The van der Waals surface area contributed by atoms with Crippen molar-refractivity contribution in [1.29, 1.82) is 0 Å². The summed E-state index contributed by atoms with van der Waals surface area (Å²) < 4.78 is 5.49. The topological polar surface area (TPSA) is 50.7 Å². The van der Waals surface area contributed by atoms with E-state index >= 15 is 0 Å². The van der Waals surface area contributed by atoms with Gasteiger partial charge < -0.3 is 4.74 Å². The van der Waals surface area contributed by atoms with Crippen molar-refractivity contribution >= 4 is 35.3 Å². The highest BCUT2D eigenvalue weighted by atomic mass is 35.5. The molecule has 1 atom stereocenters. The Bertz CT molecular complexity index is 672. The van der Waals surface area contributed by atoms with Crippen LogP contribution in [0.15, 0.2) is 53.6 Å². The molecule has 0 aliphatic rings. The van der Waals surface area contributed by atoms with Gasteiger partial charge in [-0.15, -0.1) is 0 Å². The van der Waals surface area contributed by atoms with Crippen LogP contribution < -0.4 is 10.2 Å². The highest BCUT2D eigenvalue weighted by Gasteiger charge is 2.13. The number of nitrogens with one attached hydrogen (secondary N) is 1. The lowest BCUT2D eigenvalue weighted by molar-refractivity contribution is -0.127. The molecule has 0 unspecified atom stereocenters. The second-order valence-electron chi connectivity index (χ2n) is 4.50. The number of hydrogen-bond donors (Lipinski definition) is 1. The molecule has 0 aliphatic carbocycles. The highest BCUT2D eigenvalue weighted by Crippen LogP contribution is 2.18. The van der Waals surface area contributed by atoms with E-state index in [1.807, 2.05) is 0 Å². The molecule has 2 rings (SSSR count). The second-order valence-corrected chi connectivity index (χ2v) is 5.38. The Labute approximate surface area is 138 Å². The zero-order valence-electron chi connectivity index (χ0n) is 11.8. The Morgan fingerprint density at radius 3 is 2.59 bits per heavy atom. The smallest absolute Gasteiger partial charge is 0.280 e. The third-order valence-electron chi connectivity index (χ3n) is 2.74. The standard InChI is InChI=1S/C16H14Cl2N2O2/c1-11(22-15-4-2-3-14(18)9-15)16(21)20-19-10-12-5-7-13(17)8-6-12/h2-11H,1H3,(H,20,21)/b19-10-/t11-/m1/s1. The number of halogens is 2. The normalized spacial score (nSPS) is 12.1. The Hall–Kier alpha value is -2.04. The van der Waals surface area contributed by atoms with E-state index in [9.17, 15) is 4.79 Å². The van der Waals surface area contributed by atoms with Gasteiger partial charge in [-0.05, 0) is 42.8 Å². The maximum Gasteiger partial charge on any atom is 0.280 e. The van der Waals surface area contributed by atoms with Crippen molar-refractivity contribution in [2.24, 2.45) is 5.10 Å². The van der Waals surface area contributed by atoms with Gasteiger partial charge in [-0.25, -0.2) is 5.43 Å². The fourth-order valence-corrected chi connectivity index (χ4v) is 1.91. The first-order valence-electron chi connectivity index (χ1n) is 6.55. The molecule has 1 N–H and O–H groups in total. The lowest BCUT2D eigenvalue weighted by Crippen LogP contribution is -2.33. The SMILES string of the molecule is C[C@@H](Oc1cccc(Cl)c1)C(=O)N/N=C\c1ccc(Cl)cc1. The molecule has 2 aromatic rings. The molecular weight excluding hydrogens is 323 g/mol. The zero-order valence-corrected chi connectivity index (χ0v) is 13.3. The zero-order chi connectivity index (χ0) is 15.9. The van der Waals surface area contributed by atoms with Gasteiger partial charge in [-0.1, -0.05) is 41.4 Å². The van der Waals surface area contributed by atoms with Crippen LogP contribution in [0.5, 0.6) is 5.75 Å². The number of amides is 1. The van der Waals surface area contributed by atoms with Crippen LogP contribution in [0, 0.1) is 0 Å². The largest absolute Gasteiger partial charge is 0.481 e. The second kappa shape index (κ2) is 7.82. The Kier molecular flexibility index (Phi) is 5.81. The van der Waals surface area contributed by atoms with Gasteiger partial charge in [0, 0.05) is 10.0 Å². The predicted octanol–water partition coefficient (Wildman–Crippen LogP) is 3.91. The highest BCUT2D eigenvalue weighted by molar-refractivity contribution is 6.30. The van der Waals surface area contributed by atoms with Crippen LogP contribution in [0.4, 0.5) is 0 Å². The van der Waals surface area contributed by atoms with E-state index in [1.54, 1.807) is 55.5 Å². The number of rotatable bonds is 5. The number of ether oxygens (including phenoxy) is 1. The molecule has 6 heteroatoms. The summed E-state index contributed by atoms with van der Waals surface area (Å²) in [6.07, 6.45) is 0.834. The molecule has 1 amide bonds. The molecule has 0 aliphatic heterocycles. The van der Waals surface area contributed by atoms with Gasteiger partial charge in [0.1, 0.15) is 5.75 Å². The lowest BCUT2D eigenvalue weighted by atomic mass is 10.2. The summed E-state index contributed by atoms with van der Waals surface area (Å²) in [4.78, 5) is 11.9. The number of carbonyl (C=O) groups excluding carboxylic acids is 1. The fourth-order valence-electron chi connectivity index (χ4n) is 1.61. The third kappa shape index (κ3) is 5.06. The van der Waals surface area contributed by atoms with Gasteiger partial charge in [-0.3, -0.25) is 4.79 Å². The van der Waals surface area contributed by atoms with Crippen molar-refractivity contribution in [3.63, 3.8) is 0 Å². The van der Waals surface area contributed by atoms with Crippen molar-refractivity contribution in [2.75, 3.05) is 0 Å². The predicted molar refractivity (Wildman–Crippen MR) is 88.7 cm³/mol.